The van der Waals surface area contributed by atoms with Crippen LogP contribution in [0.3, 0.4) is 0 Å². The van der Waals surface area contributed by atoms with E-state index in [0.29, 0.717) is 17.7 Å². The topological polar surface area (TPSA) is 85.2 Å². The minimum absolute atomic E-state index is 0.130. The monoisotopic (exact) mass is 410 g/mol. The van der Waals surface area contributed by atoms with Crippen LogP contribution in [0.2, 0.25) is 0 Å². The standard InChI is InChI=1S/C23H38O6/c1-5-7-9-11-13-15-17-18(16-14-12-10-8-6-2)20(27-3)22(28-4)21(19(17)24)29-23(25)26/h24H,5-16H2,1-4H3,(H,25,26). The van der Waals surface area contributed by atoms with E-state index in [1.807, 2.05) is 0 Å². The second kappa shape index (κ2) is 14.0. The fourth-order valence-electron chi connectivity index (χ4n) is 3.69. The van der Waals surface area contributed by atoms with E-state index in [9.17, 15) is 9.90 Å². The van der Waals surface area contributed by atoms with Crippen molar-refractivity contribution in [1.29, 1.82) is 0 Å². The van der Waals surface area contributed by atoms with E-state index in [4.69, 9.17) is 19.3 Å². The smallest absolute Gasteiger partial charge is 0.504 e. The number of carboxylic acid groups (broad SMARTS) is 1. The predicted octanol–water partition coefficient (Wildman–Crippen LogP) is 6.49. The highest BCUT2D eigenvalue weighted by atomic mass is 16.7. The number of unbranched alkanes of at least 4 members (excludes halogenated alkanes) is 8. The van der Waals surface area contributed by atoms with Gasteiger partial charge >= 0.3 is 6.16 Å². The van der Waals surface area contributed by atoms with Gasteiger partial charge in [0.15, 0.2) is 11.5 Å². The van der Waals surface area contributed by atoms with E-state index in [-0.39, 0.29) is 17.2 Å². The van der Waals surface area contributed by atoms with Gasteiger partial charge in [-0.05, 0) is 25.7 Å². The first-order valence-corrected chi connectivity index (χ1v) is 10.9. The fourth-order valence-corrected chi connectivity index (χ4v) is 3.69. The van der Waals surface area contributed by atoms with Gasteiger partial charge in [-0.1, -0.05) is 65.2 Å². The second-order valence-corrected chi connectivity index (χ2v) is 7.40. The maximum atomic E-state index is 11.2. The van der Waals surface area contributed by atoms with Gasteiger partial charge in [-0.2, -0.15) is 0 Å². The summed E-state index contributed by atoms with van der Waals surface area (Å²) in [6.07, 6.45) is 11.0. The lowest BCUT2D eigenvalue weighted by Gasteiger charge is -2.21. The van der Waals surface area contributed by atoms with Crippen molar-refractivity contribution in [3.8, 4) is 23.0 Å². The minimum Gasteiger partial charge on any atom is -0.504 e. The molecule has 0 spiro atoms. The molecule has 0 radical (unpaired) electrons. The lowest BCUT2D eigenvalue weighted by atomic mass is 9.93. The lowest BCUT2D eigenvalue weighted by Crippen LogP contribution is -2.09. The summed E-state index contributed by atoms with van der Waals surface area (Å²) in [5.41, 5.74) is 1.61. The molecule has 0 bridgehead atoms. The van der Waals surface area contributed by atoms with Crippen LogP contribution in [0.15, 0.2) is 0 Å². The van der Waals surface area contributed by atoms with Crippen LogP contribution in [0.1, 0.15) is 89.2 Å². The molecular weight excluding hydrogens is 372 g/mol. The van der Waals surface area contributed by atoms with Gasteiger partial charge in [0.25, 0.3) is 0 Å². The van der Waals surface area contributed by atoms with Crippen molar-refractivity contribution in [2.24, 2.45) is 0 Å². The maximum Gasteiger partial charge on any atom is 0.511 e. The molecule has 0 heterocycles. The first-order valence-electron chi connectivity index (χ1n) is 10.9. The Bertz CT molecular complexity index is 627. The van der Waals surface area contributed by atoms with Gasteiger partial charge in [0.05, 0.1) is 14.2 Å². The molecule has 6 heteroatoms. The molecule has 0 aliphatic heterocycles. The van der Waals surface area contributed by atoms with Gasteiger partial charge in [-0.3, -0.25) is 0 Å². The van der Waals surface area contributed by atoms with Crippen molar-refractivity contribution in [2.75, 3.05) is 14.2 Å². The minimum atomic E-state index is -1.50. The van der Waals surface area contributed by atoms with Crippen LogP contribution in [0.4, 0.5) is 4.79 Å². The third kappa shape index (κ3) is 7.67. The van der Waals surface area contributed by atoms with Crippen molar-refractivity contribution >= 4 is 6.16 Å². The largest absolute Gasteiger partial charge is 0.511 e. The van der Waals surface area contributed by atoms with Crippen LogP contribution in [-0.4, -0.2) is 30.6 Å². The number of methoxy groups -OCH3 is 2. The highest BCUT2D eigenvalue weighted by Gasteiger charge is 2.27. The zero-order valence-electron chi connectivity index (χ0n) is 18.5. The summed E-state index contributed by atoms with van der Waals surface area (Å²) in [5.74, 6) is 0.255. The zero-order chi connectivity index (χ0) is 21.6. The number of benzene rings is 1. The summed E-state index contributed by atoms with van der Waals surface area (Å²) in [4.78, 5) is 11.2. The molecule has 0 amide bonds. The van der Waals surface area contributed by atoms with Gasteiger partial charge in [-0.25, -0.2) is 4.79 Å². The first kappa shape index (κ1) is 24.9. The Hall–Kier alpha value is -2.11. The normalized spacial score (nSPS) is 10.8. The quantitative estimate of drug-likeness (QED) is 0.195. The molecule has 0 saturated carbocycles. The molecular formula is C23H38O6. The average Bonchev–Trinajstić information content (AvgIpc) is 2.70. The summed E-state index contributed by atoms with van der Waals surface area (Å²) in [6.45, 7) is 4.36. The van der Waals surface area contributed by atoms with Crippen LogP contribution in [0.5, 0.6) is 23.0 Å². The fraction of sp³-hybridized carbons (Fsp3) is 0.696. The Kier molecular flexibility index (Phi) is 12.0. The molecule has 0 atom stereocenters. The van der Waals surface area contributed by atoms with Crippen LogP contribution in [-0.2, 0) is 12.8 Å². The number of aromatic hydroxyl groups is 1. The summed E-state index contributed by atoms with van der Waals surface area (Å²) >= 11 is 0. The van der Waals surface area contributed by atoms with E-state index in [2.05, 4.69) is 13.8 Å². The highest BCUT2D eigenvalue weighted by Crippen LogP contribution is 2.50. The van der Waals surface area contributed by atoms with Crippen molar-refractivity contribution < 1.29 is 29.2 Å². The van der Waals surface area contributed by atoms with E-state index in [1.165, 1.54) is 46.3 Å². The van der Waals surface area contributed by atoms with Crippen molar-refractivity contribution in [1.82, 2.24) is 0 Å². The molecule has 0 aliphatic carbocycles. The molecule has 1 aromatic rings. The average molecular weight is 411 g/mol. The number of hydrogen-bond donors (Lipinski definition) is 2. The maximum absolute atomic E-state index is 11.2. The Labute approximate surface area is 175 Å². The molecule has 0 unspecified atom stereocenters. The first-order chi connectivity index (χ1) is 14.0. The molecule has 0 saturated heterocycles. The molecule has 0 aromatic heterocycles. The SMILES string of the molecule is CCCCCCCc1c(O)c(OC(=O)O)c(OC)c(OC)c1CCCCCCC. The molecule has 0 aliphatic rings. The number of hydrogen-bond acceptors (Lipinski definition) is 5. The van der Waals surface area contributed by atoms with Crippen LogP contribution in [0, 0.1) is 0 Å². The summed E-state index contributed by atoms with van der Waals surface area (Å²) in [5, 5.41) is 20.0. The van der Waals surface area contributed by atoms with Gasteiger partial charge in [0.2, 0.25) is 11.5 Å². The Morgan fingerprint density at radius 2 is 1.21 bits per heavy atom. The lowest BCUT2D eigenvalue weighted by molar-refractivity contribution is 0.140. The van der Waals surface area contributed by atoms with Crippen molar-refractivity contribution in [3.05, 3.63) is 11.1 Å². The van der Waals surface area contributed by atoms with E-state index >= 15 is 0 Å². The van der Waals surface area contributed by atoms with Crippen LogP contribution >= 0.6 is 0 Å². The Morgan fingerprint density at radius 1 is 0.724 bits per heavy atom. The van der Waals surface area contributed by atoms with Gasteiger partial charge < -0.3 is 24.4 Å². The third-order valence-electron chi connectivity index (χ3n) is 5.21. The number of phenols is 1. The van der Waals surface area contributed by atoms with E-state index in [1.54, 1.807) is 0 Å². The van der Waals surface area contributed by atoms with E-state index in [0.717, 1.165) is 44.1 Å². The van der Waals surface area contributed by atoms with Gasteiger partial charge in [-0.15, -0.1) is 0 Å². The Balaban J connectivity index is 3.23. The highest BCUT2D eigenvalue weighted by molar-refractivity contribution is 5.72. The number of phenolic OH excluding ortho intramolecular Hbond substituents is 1. The molecule has 2 N–H and O–H groups in total. The van der Waals surface area contributed by atoms with Crippen molar-refractivity contribution in [2.45, 2.75) is 90.9 Å². The summed E-state index contributed by atoms with van der Waals surface area (Å²) in [6, 6.07) is 0. The van der Waals surface area contributed by atoms with Crippen molar-refractivity contribution in [3.63, 3.8) is 0 Å². The van der Waals surface area contributed by atoms with Gasteiger partial charge in [0, 0.05) is 11.1 Å². The van der Waals surface area contributed by atoms with Crippen LogP contribution < -0.4 is 14.2 Å². The number of carbonyl (C=O) groups is 1. The Morgan fingerprint density at radius 3 is 1.66 bits per heavy atom. The third-order valence-corrected chi connectivity index (χ3v) is 5.21. The molecule has 166 valence electrons. The molecule has 6 nitrogen and oxygen atoms in total. The van der Waals surface area contributed by atoms with Crippen LogP contribution in [0.25, 0.3) is 0 Å². The predicted molar refractivity (Wildman–Crippen MR) is 115 cm³/mol. The summed E-state index contributed by atoms with van der Waals surface area (Å²) in [7, 11) is 2.95. The molecule has 1 rings (SSSR count). The molecule has 29 heavy (non-hydrogen) atoms. The van der Waals surface area contributed by atoms with Gasteiger partial charge in [0.1, 0.15) is 0 Å². The number of rotatable bonds is 15. The molecule has 0 fully saturated rings. The summed E-state index contributed by atoms with van der Waals surface area (Å²) < 4.78 is 15.8. The zero-order valence-corrected chi connectivity index (χ0v) is 18.5. The second-order valence-electron chi connectivity index (χ2n) is 7.40. The number of ether oxygens (including phenoxy) is 3. The molecule has 1 aromatic carbocycles. The van der Waals surface area contributed by atoms with E-state index < -0.39 is 6.16 Å².